The highest BCUT2D eigenvalue weighted by atomic mass is 16.6. The molecule has 0 heterocycles. The fraction of sp³-hybridized carbons (Fsp3) is 0.556. The van der Waals surface area contributed by atoms with Crippen LogP contribution in [-0.2, 0) is 20.9 Å². The molecule has 0 aliphatic heterocycles. The number of benzene rings is 1. The van der Waals surface area contributed by atoms with Gasteiger partial charge in [-0.05, 0) is 38.7 Å². The molecule has 126 valence electrons. The Balaban J connectivity index is 1.88. The summed E-state index contributed by atoms with van der Waals surface area (Å²) in [5, 5.41) is 2.65. The SMILES string of the molecule is CC(C)(C)OC(=O)N[C@H](CC1CC1)C(=O)OCc1ccccc1. The number of amides is 1. The van der Waals surface area contributed by atoms with Crippen LogP contribution in [0.4, 0.5) is 4.79 Å². The lowest BCUT2D eigenvalue weighted by Gasteiger charge is -2.23. The van der Waals surface area contributed by atoms with Crippen LogP contribution in [-0.4, -0.2) is 23.7 Å². The second-order valence-corrected chi connectivity index (χ2v) is 6.97. The van der Waals surface area contributed by atoms with Crippen molar-refractivity contribution in [3.8, 4) is 0 Å². The van der Waals surface area contributed by atoms with Gasteiger partial charge in [0.1, 0.15) is 18.2 Å². The van der Waals surface area contributed by atoms with Gasteiger partial charge in [-0.2, -0.15) is 0 Å². The summed E-state index contributed by atoms with van der Waals surface area (Å²) in [5.74, 6) is 0.0748. The molecule has 1 atom stereocenters. The van der Waals surface area contributed by atoms with Gasteiger partial charge in [0.25, 0.3) is 0 Å². The van der Waals surface area contributed by atoms with Crippen molar-refractivity contribution < 1.29 is 19.1 Å². The third-order valence-corrected chi connectivity index (χ3v) is 3.47. The second-order valence-electron chi connectivity index (χ2n) is 6.97. The van der Waals surface area contributed by atoms with E-state index in [2.05, 4.69) is 5.32 Å². The number of nitrogens with one attached hydrogen (secondary N) is 1. The molecule has 23 heavy (non-hydrogen) atoms. The van der Waals surface area contributed by atoms with Crippen molar-refractivity contribution in [3.05, 3.63) is 35.9 Å². The minimum absolute atomic E-state index is 0.205. The molecule has 1 aromatic rings. The zero-order valence-corrected chi connectivity index (χ0v) is 14.0. The lowest BCUT2D eigenvalue weighted by atomic mass is 10.1. The van der Waals surface area contributed by atoms with Gasteiger partial charge in [-0.15, -0.1) is 0 Å². The first-order valence-electron chi connectivity index (χ1n) is 8.03. The Morgan fingerprint density at radius 2 is 1.87 bits per heavy atom. The van der Waals surface area contributed by atoms with E-state index in [-0.39, 0.29) is 6.61 Å². The highest BCUT2D eigenvalue weighted by Gasteiger charge is 2.32. The summed E-state index contributed by atoms with van der Waals surface area (Å²) >= 11 is 0. The topological polar surface area (TPSA) is 64.6 Å². The van der Waals surface area contributed by atoms with Crippen molar-refractivity contribution >= 4 is 12.1 Å². The standard InChI is InChI=1S/C18H25NO4/c1-18(2,3)23-17(21)19-15(11-13-9-10-13)16(20)22-12-14-7-5-4-6-8-14/h4-8,13,15H,9-12H2,1-3H3,(H,19,21)/t15-/m1/s1. The molecule has 1 aromatic carbocycles. The number of hydrogen-bond donors (Lipinski definition) is 1. The maximum atomic E-state index is 12.3. The molecular formula is C18H25NO4. The third-order valence-electron chi connectivity index (χ3n) is 3.47. The summed E-state index contributed by atoms with van der Waals surface area (Å²) in [6.45, 7) is 5.57. The Morgan fingerprint density at radius 3 is 2.43 bits per heavy atom. The number of rotatable bonds is 6. The van der Waals surface area contributed by atoms with Gasteiger partial charge in [0, 0.05) is 0 Å². The zero-order chi connectivity index (χ0) is 16.9. The smallest absolute Gasteiger partial charge is 0.408 e. The summed E-state index contributed by atoms with van der Waals surface area (Å²) in [5.41, 5.74) is 0.325. The second kappa shape index (κ2) is 7.49. The van der Waals surface area contributed by atoms with Gasteiger partial charge >= 0.3 is 12.1 Å². The first-order valence-corrected chi connectivity index (χ1v) is 8.03. The quantitative estimate of drug-likeness (QED) is 0.816. The van der Waals surface area contributed by atoms with E-state index in [1.165, 1.54) is 0 Å². The molecule has 0 radical (unpaired) electrons. The molecule has 2 rings (SSSR count). The predicted molar refractivity (Wildman–Crippen MR) is 86.7 cm³/mol. The minimum Gasteiger partial charge on any atom is -0.459 e. The Morgan fingerprint density at radius 1 is 1.22 bits per heavy atom. The molecular weight excluding hydrogens is 294 g/mol. The molecule has 0 unspecified atom stereocenters. The lowest BCUT2D eigenvalue weighted by Crippen LogP contribution is -2.44. The van der Waals surface area contributed by atoms with Crippen molar-refractivity contribution in [2.24, 2.45) is 5.92 Å². The van der Waals surface area contributed by atoms with E-state index in [9.17, 15) is 9.59 Å². The summed E-state index contributed by atoms with van der Waals surface area (Å²) in [6.07, 6.45) is 2.21. The fourth-order valence-electron chi connectivity index (χ4n) is 2.18. The van der Waals surface area contributed by atoms with Crippen LogP contribution in [0.3, 0.4) is 0 Å². The number of carbonyl (C=O) groups is 2. The molecule has 0 spiro atoms. The van der Waals surface area contributed by atoms with Crippen LogP contribution in [0, 0.1) is 5.92 Å². The molecule has 5 nitrogen and oxygen atoms in total. The summed E-state index contributed by atoms with van der Waals surface area (Å²) in [6, 6.07) is 8.83. The highest BCUT2D eigenvalue weighted by Crippen LogP contribution is 2.33. The predicted octanol–water partition coefficient (Wildman–Crippen LogP) is 3.42. The van der Waals surface area contributed by atoms with E-state index in [4.69, 9.17) is 9.47 Å². The number of hydrogen-bond acceptors (Lipinski definition) is 4. The van der Waals surface area contributed by atoms with Gasteiger partial charge in [-0.25, -0.2) is 9.59 Å². The van der Waals surface area contributed by atoms with Gasteiger partial charge in [-0.1, -0.05) is 43.2 Å². The van der Waals surface area contributed by atoms with Crippen molar-refractivity contribution in [2.75, 3.05) is 0 Å². The van der Waals surface area contributed by atoms with Gasteiger partial charge in [0.15, 0.2) is 0 Å². The average molecular weight is 319 g/mol. The Hall–Kier alpha value is -2.04. The summed E-state index contributed by atoms with van der Waals surface area (Å²) in [7, 11) is 0. The maximum Gasteiger partial charge on any atom is 0.408 e. The molecule has 0 saturated heterocycles. The molecule has 5 heteroatoms. The fourth-order valence-corrected chi connectivity index (χ4v) is 2.18. The molecule has 0 bridgehead atoms. The number of ether oxygens (including phenoxy) is 2. The third kappa shape index (κ3) is 6.72. The van der Waals surface area contributed by atoms with E-state index >= 15 is 0 Å². The molecule has 1 aliphatic rings. The van der Waals surface area contributed by atoms with Crippen LogP contribution in [0.25, 0.3) is 0 Å². The lowest BCUT2D eigenvalue weighted by molar-refractivity contribution is -0.147. The van der Waals surface area contributed by atoms with Crippen molar-refractivity contribution in [3.63, 3.8) is 0 Å². The summed E-state index contributed by atoms with van der Waals surface area (Å²) in [4.78, 5) is 24.2. The number of alkyl carbamates (subject to hydrolysis) is 1. The van der Waals surface area contributed by atoms with E-state index in [0.717, 1.165) is 18.4 Å². The van der Waals surface area contributed by atoms with Gasteiger partial charge in [0.05, 0.1) is 0 Å². The Kier molecular flexibility index (Phi) is 5.64. The van der Waals surface area contributed by atoms with Crippen LogP contribution < -0.4 is 5.32 Å². The zero-order valence-electron chi connectivity index (χ0n) is 14.0. The van der Waals surface area contributed by atoms with Gasteiger partial charge < -0.3 is 14.8 Å². The maximum absolute atomic E-state index is 12.3. The van der Waals surface area contributed by atoms with Crippen molar-refractivity contribution in [1.29, 1.82) is 0 Å². The van der Waals surface area contributed by atoms with Crippen LogP contribution in [0.15, 0.2) is 30.3 Å². The molecule has 1 aliphatic carbocycles. The van der Waals surface area contributed by atoms with E-state index in [1.807, 2.05) is 30.3 Å². The first kappa shape index (κ1) is 17.3. The van der Waals surface area contributed by atoms with Crippen molar-refractivity contribution in [1.82, 2.24) is 5.32 Å². The normalized spacial score (nSPS) is 15.6. The molecule has 1 fully saturated rings. The van der Waals surface area contributed by atoms with E-state index in [0.29, 0.717) is 12.3 Å². The summed E-state index contributed by atoms with van der Waals surface area (Å²) < 4.78 is 10.6. The Labute approximate surface area is 137 Å². The van der Waals surface area contributed by atoms with Crippen LogP contribution >= 0.6 is 0 Å². The van der Waals surface area contributed by atoms with Crippen molar-refractivity contribution in [2.45, 2.75) is 58.3 Å². The molecule has 0 aromatic heterocycles. The largest absolute Gasteiger partial charge is 0.459 e. The minimum atomic E-state index is -0.652. The average Bonchev–Trinajstić information content (AvgIpc) is 3.27. The molecule has 1 amide bonds. The van der Waals surface area contributed by atoms with Crippen LogP contribution in [0.2, 0.25) is 0 Å². The molecule has 1 N–H and O–H groups in total. The first-order chi connectivity index (χ1) is 10.8. The van der Waals surface area contributed by atoms with Crippen LogP contribution in [0.1, 0.15) is 45.6 Å². The van der Waals surface area contributed by atoms with Crippen LogP contribution in [0.5, 0.6) is 0 Å². The number of esters is 1. The molecule has 1 saturated carbocycles. The van der Waals surface area contributed by atoms with Gasteiger partial charge in [0.2, 0.25) is 0 Å². The number of carbonyl (C=O) groups excluding carboxylic acids is 2. The van der Waals surface area contributed by atoms with Gasteiger partial charge in [-0.3, -0.25) is 0 Å². The monoisotopic (exact) mass is 319 g/mol. The Bertz CT molecular complexity index is 532. The highest BCUT2D eigenvalue weighted by molar-refractivity contribution is 5.81. The van der Waals surface area contributed by atoms with E-state index in [1.54, 1.807) is 20.8 Å². The van der Waals surface area contributed by atoms with E-state index < -0.39 is 23.7 Å².